The van der Waals surface area contributed by atoms with Crippen LogP contribution < -0.4 is 0 Å². The third-order valence-corrected chi connectivity index (χ3v) is 5.01. The zero-order chi connectivity index (χ0) is 12.4. The summed E-state index contributed by atoms with van der Waals surface area (Å²) in [5, 5.41) is 9.88. The number of halogens is 1. The summed E-state index contributed by atoms with van der Waals surface area (Å²) in [5.74, 6) is 0.325. The highest BCUT2D eigenvalue weighted by Gasteiger charge is 2.28. The summed E-state index contributed by atoms with van der Waals surface area (Å²) >= 11 is 4.17. The van der Waals surface area contributed by atoms with Crippen molar-refractivity contribution in [1.29, 1.82) is 0 Å². The van der Waals surface area contributed by atoms with Gasteiger partial charge in [0.25, 0.3) is 0 Å². The zero-order valence-electron chi connectivity index (χ0n) is 9.73. The molecule has 0 radical (unpaired) electrons. The molecule has 2 atom stereocenters. The normalized spacial score (nSPS) is 24.1. The molecule has 1 saturated carbocycles. The summed E-state index contributed by atoms with van der Waals surface area (Å²) in [6, 6.07) is 2.12. The van der Waals surface area contributed by atoms with E-state index >= 15 is 0 Å². The molecule has 0 amide bonds. The van der Waals surface area contributed by atoms with Gasteiger partial charge in [-0.2, -0.15) is 11.8 Å². The Hall–Kier alpha value is -0.170. The Morgan fingerprint density at radius 3 is 3.06 bits per heavy atom. The molecule has 94 valence electrons. The monoisotopic (exact) mass is 365 g/mol. The first kappa shape index (κ1) is 13.3. The fourth-order valence-electron chi connectivity index (χ4n) is 2.48. The molecular formula is C12H16INO2S. The molecule has 1 heterocycles. The van der Waals surface area contributed by atoms with Crippen molar-refractivity contribution in [2.75, 3.05) is 5.75 Å². The van der Waals surface area contributed by atoms with Gasteiger partial charge in [0.15, 0.2) is 0 Å². The van der Waals surface area contributed by atoms with Gasteiger partial charge in [0.2, 0.25) is 0 Å². The molecule has 1 aromatic rings. The van der Waals surface area contributed by atoms with Crippen molar-refractivity contribution in [2.24, 2.45) is 0 Å². The minimum absolute atomic E-state index is 0.369. The largest absolute Gasteiger partial charge is 0.477 e. The van der Waals surface area contributed by atoms with Crippen molar-refractivity contribution in [3.05, 3.63) is 21.5 Å². The SMILES string of the molecule is CCSC1CCC(n2cc(I)cc2C(=O)O)C1. The van der Waals surface area contributed by atoms with Crippen LogP contribution in [-0.4, -0.2) is 26.6 Å². The lowest BCUT2D eigenvalue weighted by atomic mass is 10.2. The number of carboxylic acids is 1. The highest BCUT2D eigenvalue weighted by Crippen LogP contribution is 2.38. The molecule has 1 N–H and O–H groups in total. The van der Waals surface area contributed by atoms with Crippen LogP contribution in [0.2, 0.25) is 0 Å². The van der Waals surface area contributed by atoms with Crippen LogP contribution in [0.25, 0.3) is 0 Å². The van der Waals surface area contributed by atoms with Crippen LogP contribution in [0.3, 0.4) is 0 Å². The maximum atomic E-state index is 11.2. The highest BCUT2D eigenvalue weighted by molar-refractivity contribution is 14.1. The van der Waals surface area contributed by atoms with Gasteiger partial charge in [0.1, 0.15) is 5.69 Å². The van der Waals surface area contributed by atoms with Gasteiger partial charge >= 0.3 is 5.97 Å². The minimum Gasteiger partial charge on any atom is -0.477 e. The molecule has 2 rings (SSSR count). The van der Waals surface area contributed by atoms with Crippen LogP contribution in [0.15, 0.2) is 12.3 Å². The molecule has 0 aliphatic heterocycles. The Kier molecular flexibility index (Phi) is 4.41. The van der Waals surface area contributed by atoms with Crippen molar-refractivity contribution in [3.63, 3.8) is 0 Å². The number of hydrogen-bond donors (Lipinski definition) is 1. The van der Waals surface area contributed by atoms with E-state index in [1.54, 1.807) is 6.07 Å². The summed E-state index contributed by atoms with van der Waals surface area (Å²) < 4.78 is 2.96. The van der Waals surface area contributed by atoms with E-state index in [4.69, 9.17) is 0 Å². The molecule has 0 saturated heterocycles. The number of hydrogen-bond acceptors (Lipinski definition) is 2. The Morgan fingerprint density at radius 2 is 2.41 bits per heavy atom. The molecular weight excluding hydrogens is 349 g/mol. The van der Waals surface area contributed by atoms with Crippen LogP contribution in [0.1, 0.15) is 42.7 Å². The summed E-state index contributed by atoms with van der Waals surface area (Å²) in [5.41, 5.74) is 0.432. The number of carbonyl (C=O) groups is 1. The van der Waals surface area contributed by atoms with E-state index in [0.29, 0.717) is 17.0 Å². The Morgan fingerprint density at radius 1 is 1.65 bits per heavy atom. The fraction of sp³-hybridized carbons (Fsp3) is 0.583. The predicted octanol–water partition coefficient (Wildman–Crippen LogP) is 3.64. The van der Waals surface area contributed by atoms with Crippen LogP contribution in [0.4, 0.5) is 0 Å². The average Bonchev–Trinajstić information content (AvgIpc) is 2.85. The Balaban J connectivity index is 2.15. The molecule has 1 fully saturated rings. The van der Waals surface area contributed by atoms with Crippen molar-refractivity contribution in [1.82, 2.24) is 4.57 Å². The lowest BCUT2D eigenvalue weighted by Gasteiger charge is -2.15. The van der Waals surface area contributed by atoms with E-state index in [1.165, 1.54) is 6.42 Å². The first-order valence-electron chi connectivity index (χ1n) is 5.84. The summed E-state index contributed by atoms with van der Waals surface area (Å²) in [6.45, 7) is 2.18. The predicted molar refractivity (Wildman–Crippen MR) is 78.9 cm³/mol. The lowest BCUT2D eigenvalue weighted by Crippen LogP contribution is -2.12. The first-order chi connectivity index (χ1) is 8.11. The number of thioether (sulfide) groups is 1. The third-order valence-electron chi connectivity index (χ3n) is 3.19. The topological polar surface area (TPSA) is 42.2 Å². The second kappa shape index (κ2) is 5.65. The molecule has 0 bridgehead atoms. The molecule has 17 heavy (non-hydrogen) atoms. The minimum atomic E-state index is -0.820. The van der Waals surface area contributed by atoms with Crippen molar-refractivity contribution >= 4 is 40.3 Å². The first-order valence-corrected chi connectivity index (χ1v) is 7.96. The van der Waals surface area contributed by atoms with Gasteiger partial charge in [-0.25, -0.2) is 4.79 Å². The van der Waals surface area contributed by atoms with E-state index in [2.05, 4.69) is 29.5 Å². The molecule has 2 unspecified atom stereocenters. The Labute approximate surface area is 119 Å². The fourth-order valence-corrected chi connectivity index (χ4v) is 4.20. The highest BCUT2D eigenvalue weighted by atomic mass is 127. The average molecular weight is 365 g/mol. The molecule has 0 aromatic carbocycles. The molecule has 0 spiro atoms. The van der Waals surface area contributed by atoms with Crippen LogP contribution >= 0.6 is 34.4 Å². The second-order valence-electron chi connectivity index (χ2n) is 4.30. The summed E-state index contributed by atoms with van der Waals surface area (Å²) in [6.07, 6.45) is 5.37. The van der Waals surface area contributed by atoms with Gasteiger partial charge < -0.3 is 9.67 Å². The van der Waals surface area contributed by atoms with Gasteiger partial charge in [0, 0.05) is 21.1 Å². The maximum Gasteiger partial charge on any atom is 0.352 e. The quantitative estimate of drug-likeness (QED) is 0.829. The Bertz CT molecular complexity index is 419. The van der Waals surface area contributed by atoms with E-state index < -0.39 is 5.97 Å². The van der Waals surface area contributed by atoms with Crippen LogP contribution in [0, 0.1) is 3.57 Å². The number of aromatic carboxylic acids is 1. The number of aromatic nitrogens is 1. The van der Waals surface area contributed by atoms with Crippen molar-refractivity contribution in [2.45, 2.75) is 37.5 Å². The summed E-state index contributed by atoms with van der Waals surface area (Å²) in [7, 11) is 0. The van der Waals surface area contributed by atoms with Crippen LogP contribution in [0.5, 0.6) is 0 Å². The van der Waals surface area contributed by atoms with E-state index in [1.807, 2.05) is 22.5 Å². The van der Waals surface area contributed by atoms with Gasteiger partial charge in [-0.05, 0) is 53.7 Å². The zero-order valence-corrected chi connectivity index (χ0v) is 12.7. The summed E-state index contributed by atoms with van der Waals surface area (Å²) in [4.78, 5) is 11.2. The second-order valence-corrected chi connectivity index (χ2v) is 7.12. The number of nitrogens with zero attached hydrogens (tertiary/aromatic N) is 1. The van der Waals surface area contributed by atoms with E-state index in [0.717, 1.165) is 22.2 Å². The molecule has 1 aliphatic rings. The third kappa shape index (κ3) is 2.99. The van der Waals surface area contributed by atoms with Crippen molar-refractivity contribution in [3.8, 4) is 0 Å². The van der Waals surface area contributed by atoms with Crippen LogP contribution in [-0.2, 0) is 0 Å². The molecule has 1 aromatic heterocycles. The van der Waals surface area contributed by atoms with E-state index in [-0.39, 0.29) is 0 Å². The van der Waals surface area contributed by atoms with Gasteiger partial charge in [0.05, 0.1) is 0 Å². The molecule has 1 aliphatic carbocycles. The van der Waals surface area contributed by atoms with Crippen molar-refractivity contribution < 1.29 is 9.90 Å². The van der Waals surface area contributed by atoms with Gasteiger partial charge in [-0.1, -0.05) is 6.92 Å². The standard InChI is InChI=1S/C12H16INO2S/c1-2-17-10-4-3-9(6-10)14-7-8(13)5-11(14)12(15)16/h5,7,9-10H,2-4,6H2,1H3,(H,15,16). The smallest absolute Gasteiger partial charge is 0.352 e. The number of carboxylic acid groups (broad SMARTS) is 1. The van der Waals surface area contributed by atoms with Gasteiger partial charge in [-0.15, -0.1) is 0 Å². The van der Waals surface area contributed by atoms with E-state index in [9.17, 15) is 9.90 Å². The van der Waals surface area contributed by atoms with Gasteiger partial charge in [-0.3, -0.25) is 0 Å². The number of rotatable bonds is 4. The molecule has 3 nitrogen and oxygen atoms in total. The lowest BCUT2D eigenvalue weighted by molar-refractivity contribution is 0.0682. The maximum absolute atomic E-state index is 11.2. The molecule has 5 heteroatoms.